The van der Waals surface area contributed by atoms with Crippen LogP contribution in [0.5, 0.6) is 5.75 Å². The van der Waals surface area contributed by atoms with Crippen molar-refractivity contribution in [3.8, 4) is 5.75 Å². The molecule has 2 amide bonds. The van der Waals surface area contributed by atoms with Crippen molar-refractivity contribution in [2.24, 2.45) is 0 Å². The van der Waals surface area contributed by atoms with Gasteiger partial charge in [-0.15, -0.1) is 0 Å². The molecule has 1 aromatic carbocycles. The summed E-state index contributed by atoms with van der Waals surface area (Å²) in [6, 6.07) is 9.59. The molecular formula is C18H21ClN4O3. The highest BCUT2D eigenvalue weighted by Gasteiger charge is 2.14. The largest absolute Gasteiger partial charge is 0.495 e. The van der Waals surface area contributed by atoms with Gasteiger partial charge in [0.2, 0.25) is 0 Å². The number of nitrogens with one attached hydrogen (secondary N) is 2. The van der Waals surface area contributed by atoms with E-state index in [0.717, 1.165) is 0 Å². The fraction of sp³-hybridized carbons (Fsp3) is 0.278. The second-order valence-electron chi connectivity index (χ2n) is 5.77. The number of hydrogen-bond donors (Lipinski definition) is 2. The predicted octanol–water partition coefficient (Wildman–Crippen LogP) is 2.29. The Morgan fingerprint density at radius 1 is 1.15 bits per heavy atom. The minimum Gasteiger partial charge on any atom is -0.495 e. The maximum Gasteiger partial charge on any atom is 0.274 e. The molecule has 0 atom stereocenters. The molecule has 1 heterocycles. The number of anilines is 1. The first kappa shape index (κ1) is 19.7. The summed E-state index contributed by atoms with van der Waals surface area (Å²) in [5, 5.41) is 5.91. The minimum atomic E-state index is -0.464. The normalized spacial score (nSPS) is 10.5. The Bertz CT molecular complexity index is 796. The topological polar surface area (TPSA) is 83.6 Å². The quantitative estimate of drug-likeness (QED) is 0.774. The van der Waals surface area contributed by atoms with Crippen molar-refractivity contribution in [3.05, 3.63) is 52.8 Å². The van der Waals surface area contributed by atoms with Gasteiger partial charge < -0.3 is 20.3 Å². The minimum absolute atomic E-state index is 0.118. The van der Waals surface area contributed by atoms with Crippen LogP contribution in [-0.2, 0) is 0 Å². The van der Waals surface area contributed by atoms with Crippen molar-refractivity contribution in [2.75, 3.05) is 39.6 Å². The lowest BCUT2D eigenvalue weighted by atomic mass is 10.2. The maximum absolute atomic E-state index is 12.5. The van der Waals surface area contributed by atoms with Gasteiger partial charge in [-0.05, 0) is 44.4 Å². The molecule has 0 aliphatic heterocycles. The van der Waals surface area contributed by atoms with Crippen molar-refractivity contribution >= 4 is 29.1 Å². The zero-order chi connectivity index (χ0) is 19.1. The zero-order valence-corrected chi connectivity index (χ0v) is 15.6. The Morgan fingerprint density at radius 2 is 1.85 bits per heavy atom. The van der Waals surface area contributed by atoms with Crippen LogP contribution in [0.3, 0.4) is 0 Å². The summed E-state index contributed by atoms with van der Waals surface area (Å²) in [7, 11) is 5.33. The van der Waals surface area contributed by atoms with E-state index in [1.165, 1.54) is 13.2 Å². The molecule has 0 saturated heterocycles. The maximum atomic E-state index is 12.5. The third-order valence-corrected chi connectivity index (χ3v) is 3.70. The molecule has 2 aromatic rings. The third kappa shape index (κ3) is 5.44. The molecule has 0 fully saturated rings. The van der Waals surface area contributed by atoms with Crippen LogP contribution in [0.1, 0.15) is 21.0 Å². The predicted molar refractivity (Wildman–Crippen MR) is 101 cm³/mol. The summed E-state index contributed by atoms with van der Waals surface area (Å²) in [5.41, 5.74) is 0.717. The lowest BCUT2D eigenvalue weighted by Gasteiger charge is -2.11. The number of aromatic nitrogens is 1. The molecule has 0 aliphatic rings. The standard InChI is InChI=1S/C18H21ClN4O3/c1-23(2)10-9-20-17(24)13-5-4-6-14(21-13)18(25)22-15-11-12(19)7-8-16(15)26-3/h4-8,11H,9-10H2,1-3H3,(H,20,24)(H,22,25). The van der Waals surface area contributed by atoms with Gasteiger partial charge in [0.25, 0.3) is 11.8 Å². The second kappa shape index (κ2) is 9.17. The average Bonchev–Trinajstić information content (AvgIpc) is 2.61. The number of hydrogen-bond acceptors (Lipinski definition) is 5. The molecule has 8 heteroatoms. The first-order valence-electron chi connectivity index (χ1n) is 7.95. The molecular weight excluding hydrogens is 356 g/mol. The number of nitrogens with zero attached hydrogens (tertiary/aromatic N) is 2. The molecule has 0 spiro atoms. The number of likely N-dealkylation sites (N-methyl/N-ethyl adjacent to an activating group) is 1. The summed E-state index contributed by atoms with van der Waals surface area (Å²) in [4.78, 5) is 30.7. The van der Waals surface area contributed by atoms with Crippen molar-refractivity contribution in [1.82, 2.24) is 15.2 Å². The van der Waals surface area contributed by atoms with Gasteiger partial charge in [-0.25, -0.2) is 4.98 Å². The number of methoxy groups -OCH3 is 1. The van der Waals surface area contributed by atoms with E-state index in [1.807, 2.05) is 19.0 Å². The number of benzene rings is 1. The molecule has 0 saturated carbocycles. The highest BCUT2D eigenvalue weighted by Crippen LogP contribution is 2.27. The Hall–Kier alpha value is -2.64. The summed E-state index contributed by atoms with van der Waals surface area (Å²) in [5.74, 6) is -0.323. The summed E-state index contributed by atoms with van der Waals surface area (Å²) in [6.45, 7) is 1.20. The van der Waals surface area contributed by atoms with E-state index in [0.29, 0.717) is 29.5 Å². The lowest BCUT2D eigenvalue weighted by molar-refractivity contribution is 0.0946. The Kier molecular flexibility index (Phi) is 6.94. The van der Waals surface area contributed by atoms with Crippen LogP contribution in [0.4, 0.5) is 5.69 Å². The Labute approximate surface area is 157 Å². The van der Waals surface area contributed by atoms with E-state index >= 15 is 0 Å². The summed E-state index contributed by atoms with van der Waals surface area (Å²) in [6.07, 6.45) is 0. The van der Waals surface area contributed by atoms with Crippen LogP contribution < -0.4 is 15.4 Å². The van der Waals surface area contributed by atoms with Gasteiger partial charge in [-0.1, -0.05) is 17.7 Å². The second-order valence-corrected chi connectivity index (χ2v) is 6.20. The van der Waals surface area contributed by atoms with E-state index in [1.54, 1.807) is 30.3 Å². The van der Waals surface area contributed by atoms with Gasteiger partial charge in [-0.2, -0.15) is 0 Å². The van der Waals surface area contributed by atoms with Crippen LogP contribution in [-0.4, -0.2) is 56.0 Å². The lowest BCUT2D eigenvalue weighted by Crippen LogP contribution is -2.32. The van der Waals surface area contributed by atoms with Crippen molar-refractivity contribution in [3.63, 3.8) is 0 Å². The molecule has 138 valence electrons. The summed E-state index contributed by atoms with van der Waals surface area (Å²) >= 11 is 5.96. The van der Waals surface area contributed by atoms with E-state index in [4.69, 9.17) is 16.3 Å². The van der Waals surface area contributed by atoms with Crippen LogP contribution in [0.25, 0.3) is 0 Å². The van der Waals surface area contributed by atoms with E-state index in [2.05, 4.69) is 15.6 Å². The Balaban J connectivity index is 2.10. The zero-order valence-electron chi connectivity index (χ0n) is 14.9. The third-order valence-electron chi connectivity index (χ3n) is 3.47. The van der Waals surface area contributed by atoms with Crippen LogP contribution in [0.2, 0.25) is 5.02 Å². The highest BCUT2D eigenvalue weighted by molar-refractivity contribution is 6.31. The fourth-order valence-electron chi connectivity index (χ4n) is 2.14. The number of carbonyl (C=O) groups is 2. The van der Waals surface area contributed by atoms with Gasteiger partial charge in [-0.3, -0.25) is 9.59 Å². The molecule has 2 N–H and O–H groups in total. The van der Waals surface area contributed by atoms with Gasteiger partial charge in [0.1, 0.15) is 17.1 Å². The average molecular weight is 377 g/mol. The van der Waals surface area contributed by atoms with Crippen molar-refractivity contribution in [1.29, 1.82) is 0 Å². The molecule has 7 nitrogen and oxygen atoms in total. The smallest absolute Gasteiger partial charge is 0.274 e. The van der Waals surface area contributed by atoms with Gasteiger partial charge in [0, 0.05) is 18.1 Å². The monoisotopic (exact) mass is 376 g/mol. The molecule has 0 aliphatic carbocycles. The molecule has 0 bridgehead atoms. The van der Waals surface area contributed by atoms with Gasteiger partial charge >= 0.3 is 0 Å². The van der Waals surface area contributed by atoms with Gasteiger partial charge in [0.15, 0.2) is 0 Å². The fourth-order valence-corrected chi connectivity index (χ4v) is 2.31. The number of pyridine rings is 1. The Morgan fingerprint density at radius 3 is 2.50 bits per heavy atom. The number of rotatable bonds is 7. The highest BCUT2D eigenvalue weighted by atomic mass is 35.5. The molecule has 26 heavy (non-hydrogen) atoms. The van der Waals surface area contributed by atoms with E-state index in [-0.39, 0.29) is 17.3 Å². The van der Waals surface area contributed by atoms with Crippen LogP contribution >= 0.6 is 11.6 Å². The van der Waals surface area contributed by atoms with E-state index < -0.39 is 5.91 Å². The summed E-state index contributed by atoms with van der Waals surface area (Å²) < 4.78 is 5.20. The van der Waals surface area contributed by atoms with Crippen LogP contribution in [0, 0.1) is 0 Å². The molecule has 0 radical (unpaired) electrons. The van der Waals surface area contributed by atoms with Gasteiger partial charge in [0.05, 0.1) is 12.8 Å². The van der Waals surface area contributed by atoms with Crippen molar-refractivity contribution < 1.29 is 14.3 Å². The number of ether oxygens (including phenoxy) is 1. The van der Waals surface area contributed by atoms with Crippen molar-refractivity contribution in [2.45, 2.75) is 0 Å². The first-order valence-corrected chi connectivity index (χ1v) is 8.33. The first-order chi connectivity index (χ1) is 12.4. The molecule has 2 rings (SSSR count). The number of halogens is 1. The molecule has 1 aromatic heterocycles. The molecule has 0 unspecified atom stereocenters. The van der Waals surface area contributed by atoms with Crippen LogP contribution in [0.15, 0.2) is 36.4 Å². The van der Waals surface area contributed by atoms with E-state index in [9.17, 15) is 9.59 Å². The number of carbonyl (C=O) groups excluding carboxylic acids is 2. The number of amides is 2. The SMILES string of the molecule is COc1ccc(Cl)cc1NC(=O)c1cccc(C(=O)NCCN(C)C)n1.